The Bertz CT molecular complexity index is 861. The molecule has 0 radical (unpaired) electrons. The molecule has 1 unspecified atom stereocenters. The first kappa shape index (κ1) is 20.8. The van der Waals surface area contributed by atoms with Crippen LogP contribution in [-0.4, -0.2) is 26.4 Å². The normalized spacial score (nSPS) is 22.1. The van der Waals surface area contributed by atoms with Crippen LogP contribution in [0.15, 0.2) is 95.7 Å². The number of benzene rings is 1. The molecule has 1 atom stereocenters. The third-order valence-electron chi connectivity index (χ3n) is 5.99. The first-order chi connectivity index (χ1) is 14.9. The molecule has 2 aliphatic carbocycles. The SMILES string of the molecule is C1=CC(CCOCC2=CCC=C(C3CCOCC3)C=C2)C=C1/C=C/c1ccccc1. The lowest BCUT2D eigenvalue weighted by Crippen LogP contribution is -2.16. The van der Waals surface area contributed by atoms with E-state index in [1.54, 1.807) is 0 Å². The van der Waals surface area contributed by atoms with E-state index in [0.29, 0.717) is 18.4 Å². The van der Waals surface area contributed by atoms with Crippen molar-refractivity contribution in [2.75, 3.05) is 26.4 Å². The zero-order valence-electron chi connectivity index (χ0n) is 17.7. The Kier molecular flexibility index (Phi) is 7.71. The minimum Gasteiger partial charge on any atom is -0.381 e. The molecule has 0 spiro atoms. The summed E-state index contributed by atoms with van der Waals surface area (Å²) in [6.45, 7) is 3.28. The van der Waals surface area contributed by atoms with Crippen LogP contribution in [0.3, 0.4) is 0 Å². The predicted molar refractivity (Wildman–Crippen MR) is 125 cm³/mol. The van der Waals surface area contributed by atoms with Crippen molar-refractivity contribution in [3.05, 3.63) is 101 Å². The van der Waals surface area contributed by atoms with Crippen LogP contribution in [0.25, 0.3) is 6.08 Å². The van der Waals surface area contributed by atoms with Crippen LogP contribution in [0, 0.1) is 11.8 Å². The van der Waals surface area contributed by atoms with Gasteiger partial charge in [0.15, 0.2) is 0 Å². The maximum absolute atomic E-state index is 5.99. The van der Waals surface area contributed by atoms with Crippen LogP contribution in [0.1, 0.15) is 31.2 Å². The summed E-state index contributed by atoms with van der Waals surface area (Å²) in [6.07, 6.45) is 24.7. The van der Waals surface area contributed by atoms with Gasteiger partial charge in [-0.2, -0.15) is 0 Å². The molecule has 1 heterocycles. The third kappa shape index (κ3) is 6.29. The molecule has 30 heavy (non-hydrogen) atoms. The molecule has 0 bridgehead atoms. The molecule has 0 aromatic heterocycles. The van der Waals surface area contributed by atoms with Crippen molar-refractivity contribution in [3.8, 4) is 0 Å². The van der Waals surface area contributed by atoms with Crippen molar-refractivity contribution in [3.63, 3.8) is 0 Å². The molecule has 0 N–H and O–H groups in total. The molecule has 2 nitrogen and oxygen atoms in total. The average Bonchev–Trinajstić information content (AvgIpc) is 3.12. The van der Waals surface area contributed by atoms with Gasteiger partial charge in [-0.15, -0.1) is 0 Å². The van der Waals surface area contributed by atoms with E-state index in [9.17, 15) is 0 Å². The summed E-state index contributed by atoms with van der Waals surface area (Å²) >= 11 is 0. The summed E-state index contributed by atoms with van der Waals surface area (Å²) in [6, 6.07) is 10.4. The lowest BCUT2D eigenvalue weighted by molar-refractivity contribution is 0.0765. The third-order valence-corrected chi connectivity index (χ3v) is 5.99. The van der Waals surface area contributed by atoms with Crippen LogP contribution in [0.2, 0.25) is 0 Å². The lowest BCUT2D eigenvalue weighted by atomic mass is 9.90. The Morgan fingerprint density at radius 2 is 1.83 bits per heavy atom. The van der Waals surface area contributed by atoms with Crippen LogP contribution >= 0.6 is 0 Å². The van der Waals surface area contributed by atoms with Crippen LogP contribution < -0.4 is 0 Å². The van der Waals surface area contributed by atoms with Crippen molar-refractivity contribution in [2.24, 2.45) is 11.8 Å². The number of allylic oxidation sites excluding steroid dienone is 9. The topological polar surface area (TPSA) is 18.5 Å². The molecule has 2 heteroatoms. The zero-order chi connectivity index (χ0) is 20.4. The highest BCUT2D eigenvalue weighted by atomic mass is 16.5. The highest BCUT2D eigenvalue weighted by Gasteiger charge is 2.17. The van der Waals surface area contributed by atoms with E-state index in [1.807, 2.05) is 6.07 Å². The standard InChI is InChI=1S/C28H32O2/c1-2-5-23(6-3-1)9-10-24-11-12-25(21-24)15-18-30-22-26-7-4-8-27(14-13-26)28-16-19-29-20-17-28/h1-3,5-14,21,25,28H,4,15-20,22H2/b10-9+. The van der Waals surface area contributed by atoms with Gasteiger partial charge < -0.3 is 9.47 Å². The van der Waals surface area contributed by atoms with Crippen LogP contribution in [-0.2, 0) is 9.47 Å². The van der Waals surface area contributed by atoms with Gasteiger partial charge in [0.2, 0.25) is 0 Å². The molecular formula is C28H32O2. The van der Waals surface area contributed by atoms with E-state index >= 15 is 0 Å². The first-order valence-electron chi connectivity index (χ1n) is 11.2. The van der Waals surface area contributed by atoms with E-state index in [0.717, 1.165) is 45.5 Å². The zero-order valence-corrected chi connectivity index (χ0v) is 17.7. The Labute approximate surface area is 181 Å². The maximum Gasteiger partial charge on any atom is 0.0713 e. The molecule has 3 aliphatic rings. The average molecular weight is 401 g/mol. The second-order valence-corrected chi connectivity index (χ2v) is 8.21. The highest BCUT2D eigenvalue weighted by Crippen LogP contribution is 2.27. The van der Waals surface area contributed by atoms with Gasteiger partial charge >= 0.3 is 0 Å². The van der Waals surface area contributed by atoms with Crippen LogP contribution in [0.4, 0.5) is 0 Å². The van der Waals surface area contributed by atoms with Crippen molar-refractivity contribution >= 4 is 6.08 Å². The van der Waals surface area contributed by atoms with Crippen molar-refractivity contribution in [1.29, 1.82) is 0 Å². The summed E-state index contributed by atoms with van der Waals surface area (Å²) in [7, 11) is 0. The van der Waals surface area contributed by atoms with Gasteiger partial charge in [-0.25, -0.2) is 0 Å². The number of hydrogen-bond acceptors (Lipinski definition) is 2. The monoisotopic (exact) mass is 400 g/mol. The maximum atomic E-state index is 5.99. The van der Waals surface area contributed by atoms with Crippen molar-refractivity contribution < 1.29 is 9.47 Å². The Morgan fingerprint density at radius 3 is 2.70 bits per heavy atom. The second-order valence-electron chi connectivity index (χ2n) is 8.21. The molecule has 0 saturated carbocycles. The summed E-state index contributed by atoms with van der Waals surface area (Å²) in [5.74, 6) is 1.13. The summed E-state index contributed by atoms with van der Waals surface area (Å²) in [5.41, 5.74) is 5.28. The molecule has 156 valence electrons. The van der Waals surface area contributed by atoms with Crippen molar-refractivity contribution in [2.45, 2.75) is 25.7 Å². The Hall–Kier alpha value is -2.42. The largest absolute Gasteiger partial charge is 0.381 e. The molecule has 4 rings (SSSR count). The molecule has 1 aromatic carbocycles. The van der Waals surface area contributed by atoms with Crippen molar-refractivity contribution in [1.82, 2.24) is 0 Å². The van der Waals surface area contributed by atoms with Gasteiger partial charge in [0.1, 0.15) is 0 Å². The fraction of sp³-hybridized carbons (Fsp3) is 0.357. The fourth-order valence-corrected chi connectivity index (χ4v) is 4.18. The Morgan fingerprint density at radius 1 is 0.967 bits per heavy atom. The minimum absolute atomic E-state index is 0.473. The Balaban J connectivity index is 1.17. The minimum atomic E-state index is 0.473. The molecule has 1 aromatic rings. The van der Waals surface area contributed by atoms with E-state index in [2.05, 4.69) is 78.9 Å². The molecule has 1 aliphatic heterocycles. The van der Waals surface area contributed by atoms with Gasteiger partial charge in [0.25, 0.3) is 0 Å². The predicted octanol–water partition coefficient (Wildman–Crippen LogP) is 6.46. The van der Waals surface area contributed by atoms with E-state index in [1.165, 1.54) is 22.3 Å². The van der Waals surface area contributed by atoms with E-state index < -0.39 is 0 Å². The lowest BCUT2D eigenvalue weighted by Gasteiger charge is -2.23. The van der Waals surface area contributed by atoms with Gasteiger partial charge in [0, 0.05) is 19.8 Å². The van der Waals surface area contributed by atoms with E-state index in [-0.39, 0.29) is 0 Å². The van der Waals surface area contributed by atoms with Gasteiger partial charge in [-0.05, 0) is 59.8 Å². The van der Waals surface area contributed by atoms with Gasteiger partial charge in [0.05, 0.1) is 6.61 Å². The molecule has 1 saturated heterocycles. The summed E-state index contributed by atoms with van der Waals surface area (Å²) < 4.78 is 11.5. The molecular weight excluding hydrogens is 368 g/mol. The van der Waals surface area contributed by atoms with E-state index in [4.69, 9.17) is 9.47 Å². The first-order valence-corrected chi connectivity index (χ1v) is 11.2. The summed E-state index contributed by atoms with van der Waals surface area (Å²) in [4.78, 5) is 0. The van der Waals surface area contributed by atoms with Gasteiger partial charge in [-0.3, -0.25) is 0 Å². The molecule has 1 fully saturated rings. The quantitative estimate of drug-likeness (QED) is 0.466. The van der Waals surface area contributed by atoms with Crippen LogP contribution in [0.5, 0.6) is 0 Å². The molecule has 0 amide bonds. The fourth-order valence-electron chi connectivity index (χ4n) is 4.18. The number of ether oxygens (including phenoxy) is 2. The van der Waals surface area contributed by atoms with Gasteiger partial charge in [-0.1, -0.05) is 85.0 Å². The number of rotatable bonds is 8. The smallest absolute Gasteiger partial charge is 0.0713 e. The highest BCUT2D eigenvalue weighted by molar-refractivity contribution is 5.55. The summed E-state index contributed by atoms with van der Waals surface area (Å²) in [5, 5.41) is 0. The second kappa shape index (κ2) is 11.1. The number of hydrogen-bond donors (Lipinski definition) is 0.